The average molecular weight is 269 g/mol. The summed E-state index contributed by atoms with van der Waals surface area (Å²) < 4.78 is 10.1. The second-order valence-electron chi connectivity index (χ2n) is 4.39. The van der Waals surface area contributed by atoms with Gasteiger partial charge in [-0.1, -0.05) is 6.92 Å². The Morgan fingerprint density at radius 3 is 3.17 bits per heavy atom. The third-order valence-corrected chi connectivity index (χ3v) is 4.48. The highest BCUT2D eigenvalue weighted by atomic mass is 32.2. The fraction of sp³-hybridized carbons (Fsp3) is 0.615. The number of thioether (sulfide) groups is 1. The molecule has 1 aliphatic rings. The molecule has 0 bridgehead atoms. The molecule has 1 aromatic rings. The fourth-order valence-corrected chi connectivity index (χ4v) is 3.31. The van der Waals surface area contributed by atoms with Crippen molar-refractivity contribution < 1.29 is 13.9 Å². The van der Waals surface area contributed by atoms with Gasteiger partial charge in [0.05, 0.1) is 13.7 Å². The van der Waals surface area contributed by atoms with Crippen LogP contribution in [0.3, 0.4) is 0 Å². The number of rotatable bonds is 4. The van der Waals surface area contributed by atoms with E-state index in [0.717, 1.165) is 25.4 Å². The number of esters is 1. The van der Waals surface area contributed by atoms with Crippen molar-refractivity contribution in [2.45, 2.75) is 25.1 Å². The zero-order chi connectivity index (χ0) is 13.0. The summed E-state index contributed by atoms with van der Waals surface area (Å²) in [7, 11) is 1.36. The molecular formula is C13H19NO3S. The van der Waals surface area contributed by atoms with Gasteiger partial charge >= 0.3 is 5.97 Å². The zero-order valence-electron chi connectivity index (χ0n) is 10.8. The molecule has 5 heteroatoms. The first-order chi connectivity index (χ1) is 8.72. The van der Waals surface area contributed by atoms with Crippen LogP contribution in [0.4, 0.5) is 0 Å². The third kappa shape index (κ3) is 3.29. The summed E-state index contributed by atoms with van der Waals surface area (Å²) in [6, 6.07) is 3.53. The van der Waals surface area contributed by atoms with Gasteiger partial charge in [-0.25, -0.2) is 4.79 Å². The van der Waals surface area contributed by atoms with Crippen LogP contribution in [-0.4, -0.2) is 42.1 Å². The van der Waals surface area contributed by atoms with E-state index in [1.165, 1.54) is 19.3 Å². The van der Waals surface area contributed by atoms with Crippen molar-refractivity contribution in [3.8, 4) is 0 Å². The molecular weight excluding hydrogens is 250 g/mol. The minimum Gasteiger partial charge on any atom is -0.463 e. The molecule has 1 unspecified atom stereocenters. The van der Waals surface area contributed by atoms with E-state index in [-0.39, 0.29) is 5.76 Å². The minimum atomic E-state index is -0.415. The smallest absolute Gasteiger partial charge is 0.373 e. The predicted octanol–water partition coefficient (Wildman–Crippen LogP) is 2.39. The molecule has 0 aromatic carbocycles. The number of hydrogen-bond donors (Lipinski definition) is 0. The lowest BCUT2D eigenvalue weighted by Crippen LogP contribution is -2.36. The SMILES string of the molecule is CCC1CN(Cc2ccc(C(=O)OC)o2)CCS1. The van der Waals surface area contributed by atoms with Crippen LogP contribution >= 0.6 is 11.8 Å². The second-order valence-corrected chi connectivity index (χ2v) is 5.80. The number of hydrogen-bond acceptors (Lipinski definition) is 5. The minimum absolute atomic E-state index is 0.283. The highest BCUT2D eigenvalue weighted by Crippen LogP contribution is 2.22. The molecule has 0 radical (unpaired) electrons. The Bertz CT molecular complexity index is 405. The molecule has 18 heavy (non-hydrogen) atoms. The molecule has 1 aromatic heterocycles. The molecule has 4 nitrogen and oxygen atoms in total. The van der Waals surface area contributed by atoms with Crippen molar-refractivity contribution >= 4 is 17.7 Å². The van der Waals surface area contributed by atoms with Gasteiger partial charge in [-0.05, 0) is 18.6 Å². The first kappa shape index (κ1) is 13.5. The van der Waals surface area contributed by atoms with E-state index in [9.17, 15) is 4.79 Å². The summed E-state index contributed by atoms with van der Waals surface area (Å²) in [6.07, 6.45) is 1.20. The summed E-state index contributed by atoms with van der Waals surface area (Å²) in [6.45, 7) is 5.17. The van der Waals surface area contributed by atoms with Crippen LogP contribution in [0, 0.1) is 0 Å². The van der Waals surface area contributed by atoms with Gasteiger partial charge in [-0.2, -0.15) is 11.8 Å². The van der Waals surface area contributed by atoms with Crippen LogP contribution < -0.4 is 0 Å². The highest BCUT2D eigenvalue weighted by Gasteiger charge is 2.20. The zero-order valence-corrected chi connectivity index (χ0v) is 11.7. The third-order valence-electron chi connectivity index (χ3n) is 3.11. The predicted molar refractivity (Wildman–Crippen MR) is 71.9 cm³/mol. The quantitative estimate of drug-likeness (QED) is 0.785. The molecule has 0 saturated carbocycles. The maximum absolute atomic E-state index is 11.3. The normalized spacial score (nSPS) is 20.9. The maximum Gasteiger partial charge on any atom is 0.373 e. The van der Waals surface area contributed by atoms with E-state index in [0.29, 0.717) is 5.25 Å². The summed E-state index contributed by atoms with van der Waals surface area (Å²) in [5, 5.41) is 0.716. The molecule has 100 valence electrons. The van der Waals surface area contributed by atoms with E-state index in [1.807, 2.05) is 17.8 Å². The fourth-order valence-electron chi connectivity index (χ4n) is 2.06. The summed E-state index contributed by atoms with van der Waals surface area (Å²) in [5.74, 6) is 1.87. The molecule has 0 aliphatic carbocycles. The Morgan fingerprint density at radius 1 is 1.61 bits per heavy atom. The number of nitrogens with zero attached hydrogens (tertiary/aromatic N) is 1. The first-order valence-electron chi connectivity index (χ1n) is 6.24. The standard InChI is InChI=1S/C13H19NO3S/c1-3-11-9-14(6-7-18-11)8-10-4-5-12(17-10)13(15)16-2/h4-5,11H,3,6-9H2,1-2H3. The van der Waals surface area contributed by atoms with Gasteiger partial charge < -0.3 is 9.15 Å². The van der Waals surface area contributed by atoms with Crippen LogP contribution in [-0.2, 0) is 11.3 Å². The topological polar surface area (TPSA) is 42.7 Å². The van der Waals surface area contributed by atoms with E-state index in [4.69, 9.17) is 4.42 Å². The van der Waals surface area contributed by atoms with Gasteiger partial charge in [0.2, 0.25) is 5.76 Å². The molecule has 1 aliphatic heterocycles. The second kappa shape index (κ2) is 6.29. The molecule has 2 heterocycles. The lowest BCUT2D eigenvalue weighted by Gasteiger charge is -2.31. The molecule has 0 amide bonds. The van der Waals surface area contributed by atoms with Crippen molar-refractivity contribution in [2.24, 2.45) is 0 Å². The first-order valence-corrected chi connectivity index (χ1v) is 7.28. The van der Waals surface area contributed by atoms with Gasteiger partial charge in [-0.3, -0.25) is 4.90 Å². The van der Waals surface area contributed by atoms with Gasteiger partial charge in [0.1, 0.15) is 5.76 Å². The Labute approximate surface area is 112 Å². The van der Waals surface area contributed by atoms with Gasteiger partial charge in [0.15, 0.2) is 0 Å². The Balaban J connectivity index is 1.92. The highest BCUT2D eigenvalue weighted by molar-refractivity contribution is 8.00. The number of carbonyl (C=O) groups is 1. The Morgan fingerprint density at radius 2 is 2.44 bits per heavy atom. The van der Waals surface area contributed by atoms with Crippen LogP contribution in [0.5, 0.6) is 0 Å². The number of methoxy groups -OCH3 is 1. The van der Waals surface area contributed by atoms with E-state index in [2.05, 4.69) is 16.6 Å². The van der Waals surface area contributed by atoms with Crippen molar-refractivity contribution in [1.29, 1.82) is 0 Å². The van der Waals surface area contributed by atoms with E-state index in [1.54, 1.807) is 6.07 Å². The summed E-state index contributed by atoms with van der Waals surface area (Å²) in [4.78, 5) is 13.7. The molecule has 1 saturated heterocycles. The molecule has 0 spiro atoms. The number of carbonyl (C=O) groups excluding carboxylic acids is 1. The van der Waals surface area contributed by atoms with Crippen molar-refractivity contribution in [1.82, 2.24) is 4.90 Å². The van der Waals surface area contributed by atoms with Crippen LogP contribution in [0.15, 0.2) is 16.5 Å². The lowest BCUT2D eigenvalue weighted by molar-refractivity contribution is 0.0561. The van der Waals surface area contributed by atoms with E-state index >= 15 is 0 Å². The summed E-state index contributed by atoms with van der Waals surface area (Å²) in [5.41, 5.74) is 0. The van der Waals surface area contributed by atoms with Gasteiger partial charge in [0.25, 0.3) is 0 Å². The van der Waals surface area contributed by atoms with Gasteiger partial charge in [-0.15, -0.1) is 0 Å². The lowest BCUT2D eigenvalue weighted by atomic mass is 10.3. The summed E-state index contributed by atoms with van der Waals surface area (Å²) >= 11 is 2.04. The monoisotopic (exact) mass is 269 g/mol. The largest absolute Gasteiger partial charge is 0.463 e. The molecule has 0 N–H and O–H groups in total. The maximum atomic E-state index is 11.3. The van der Waals surface area contributed by atoms with Crippen LogP contribution in [0.2, 0.25) is 0 Å². The van der Waals surface area contributed by atoms with Crippen LogP contribution in [0.25, 0.3) is 0 Å². The number of ether oxygens (including phenoxy) is 1. The van der Waals surface area contributed by atoms with Crippen LogP contribution in [0.1, 0.15) is 29.7 Å². The van der Waals surface area contributed by atoms with Crippen molar-refractivity contribution in [3.63, 3.8) is 0 Å². The van der Waals surface area contributed by atoms with Crippen molar-refractivity contribution in [2.75, 3.05) is 26.0 Å². The Kier molecular flexibility index (Phi) is 4.72. The average Bonchev–Trinajstić information content (AvgIpc) is 2.86. The van der Waals surface area contributed by atoms with Crippen molar-refractivity contribution in [3.05, 3.63) is 23.7 Å². The van der Waals surface area contributed by atoms with Gasteiger partial charge in [0, 0.05) is 24.1 Å². The molecule has 1 fully saturated rings. The number of furan rings is 1. The molecule has 2 rings (SSSR count). The van der Waals surface area contributed by atoms with E-state index < -0.39 is 5.97 Å². The molecule has 1 atom stereocenters. The Hall–Kier alpha value is -0.940.